The van der Waals surface area contributed by atoms with Crippen LogP contribution in [0, 0.1) is 6.92 Å². The summed E-state index contributed by atoms with van der Waals surface area (Å²) in [6.45, 7) is 5.57. The highest BCUT2D eigenvalue weighted by Gasteiger charge is 2.35. The SMILES string of the molecule is CC=CCC(C)c1cc(=O)c2c(C)cc3c(c2o1)C(=O)c1c(O)cccc1C3=O. The Morgan fingerprint density at radius 3 is 2.55 bits per heavy atom. The van der Waals surface area contributed by atoms with Crippen molar-refractivity contribution in [3.05, 3.63) is 86.3 Å². The number of carbonyl (C=O) groups is 2. The number of aromatic hydroxyl groups is 1. The number of rotatable bonds is 3. The van der Waals surface area contributed by atoms with Crippen LogP contribution in [-0.2, 0) is 0 Å². The molecule has 0 fully saturated rings. The van der Waals surface area contributed by atoms with E-state index in [2.05, 4.69) is 0 Å². The van der Waals surface area contributed by atoms with E-state index >= 15 is 0 Å². The molecular weight excluding hydrogens is 368 g/mol. The second-order valence-electron chi connectivity index (χ2n) is 7.40. The van der Waals surface area contributed by atoms with E-state index in [1.54, 1.807) is 13.0 Å². The van der Waals surface area contributed by atoms with Crippen molar-refractivity contribution in [1.29, 1.82) is 0 Å². The molecule has 0 spiro atoms. The number of ketones is 2. The number of benzene rings is 2. The average molecular weight is 388 g/mol. The van der Waals surface area contributed by atoms with Gasteiger partial charge in [0, 0.05) is 23.1 Å². The summed E-state index contributed by atoms with van der Waals surface area (Å²) >= 11 is 0. The minimum absolute atomic E-state index is 0.0433. The lowest BCUT2D eigenvalue weighted by atomic mass is 9.81. The van der Waals surface area contributed by atoms with E-state index in [-0.39, 0.29) is 56.1 Å². The molecule has 0 saturated heterocycles. The van der Waals surface area contributed by atoms with Crippen LogP contribution < -0.4 is 5.43 Å². The number of hydrogen-bond acceptors (Lipinski definition) is 5. The molecule has 5 heteroatoms. The van der Waals surface area contributed by atoms with Gasteiger partial charge in [-0.3, -0.25) is 14.4 Å². The van der Waals surface area contributed by atoms with E-state index in [0.29, 0.717) is 17.7 Å². The molecule has 1 heterocycles. The zero-order chi connectivity index (χ0) is 20.9. The Balaban J connectivity index is 2.06. The number of phenols is 1. The molecule has 5 nitrogen and oxygen atoms in total. The highest BCUT2D eigenvalue weighted by Crippen LogP contribution is 2.37. The Kier molecular flexibility index (Phi) is 4.46. The van der Waals surface area contributed by atoms with Gasteiger partial charge in [-0.25, -0.2) is 0 Å². The Hall–Kier alpha value is -3.47. The third kappa shape index (κ3) is 2.81. The monoisotopic (exact) mass is 388 g/mol. The van der Waals surface area contributed by atoms with Crippen molar-refractivity contribution >= 4 is 22.5 Å². The molecule has 146 valence electrons. The maximum absolute atomic E-state index is 13.3. The summed E-state index contributed by atoms with van der Waals surface area (Å²) in [6, 6.07) is 7.43. The average Bonchev–Trinajstić information content (AvgIpc) is 2.69. The zero-order valence-corrected chi connectivity index (χ0v) is 16.4. The van der Waals surface area contributed by atoms with Crippen molar-refractivity contribution < 1.29 is 19.1 Å². The van der Waals surface area contributed by atoms with Crippen molar-refractivity contribution in [3.8, 4) is 5.75 Å². The first-order chi connectivity index (χ1) is 13.8. The van der Waals surface area contributed by atoms with Crippen LogP contribution in [0.2, 0.25) is 0 Å². The minimum atomic E-state index is -0.515. The van der Waals surface area contributed by atoms with E-state index in [0.717, 1.165) is 0 Å². The summed E-state index contributed by atoms with van der Waals surface area (Å²) in [7, 11) is 0. The first-order valence-corrected chi connectivity index (χ1v) is 9.49. The minimum Gasteiger partial charge on any atom is -0.507 e. The lowest BCUT2D eigenvalue weighted by Gasteiger charge is -2.20. The fourth-order valence-electron chi connectivity index (χ4n) is 3.89. The van der Waals surface area contributed by atoms with Crippen LogP contribution in [0.15, 0.2) is 51.7 Å². The van der Waals surface area contributed by atoms with Crippen LogP contribution in [-0.4, -0.2) is 16.7 Å². The lowest BCUT2D eigenvalue weighted by Crippen LogP contribution is -2.23. The number of allylic oxidation sites excluding steroid dienone is 2. The number of fused-ring (bicyclic) bond motifs is 4. The smallest absolute Gasteiger partial charge is 0.202 e. The molecule has 4 rings (SSSR count). The molecule has 0 saturated carbocycles. The van der Waals surface area contributed by atoms with Gasteiger partial charge in [-0.1, -0.05) is 31.2 Å². The second-order valence-corrected chi connectivity index (χ2v) is 7.40. The topological polar surface area (TPSA) is 84.6 Å². The van der Waals surface area contributed by atoms with E-state index < -0.39 is 5.78 Å². The third-order valence-electron chi connectivity index (χ3n) is 5.42. The van der Waals surface area contributed by atoms with Gasteiger partial charge in [-0.05, 0) is 38.0 Å². The van der Waals surface area contributed by atoms with Gasteiger partial charge < -0.3 is 9.52 Å². The van der Waals surface area contributed by atoms with Gasteiger partial charge in [-0.2, -0.15) is 0 Å². The van der Waals surface area contributed by atoms with Crippen LogP contribution in [0.1, 0.15) is 69.4 Å². The van der Waals surface area contributed by atoms with Crippen LogP contribution in [0.5, 0.6) is 5.75 Å². The van der Waals surface area contributed by atoms with E-state index in [4.69, 9.17) is 4.42 Å². The van der Waals surface area contributed by atoms with Crippen LogP contribution in [0.4, 0.5) is 0 Å². The van der Waals surface area contributed by atoms with Gasteiger partial charge in [0.25, 0.3) is 0 Å². The molecule has 1 aliphatic rings. The van der Waals surface area contributed by atoms with Crippen molar-refractivity contribution in [2.45, 2.75) is 33.1 Å². The number of carbonyl (C=O) groups excluding carboxylic acids is 2. The van der Waals surface area contributed by atoms with Crippen molar-refractivity contribution in [3.63, 3.8) is 0 Å². The van der Waals surface area contributed by atoms with Gasteiger partial charge in [0.05, 0.1) is 16.5 Å². The summed E-state index contributed by atoms with van der Waals surface area (Å²) in [5.74, 6) is -0.768. The lowest BCUT2D eigenvalue weighted by molar-refractivity contribution is 0.0977. The summed E-state index contributed by atoms with van der Waals surface area (Å²) in [4.78, 5) is 39.2. The van der Waals surface area contributed by atoms with Gasteiger partial charge in [0.15, 0.2) is 11.2 Å². The van der Waals surface area contributed by atoms with Crippen LogP contribution in [0.3, 0.4) is 0 Å². The summed E-state index contributed by atoms with van der Waals surface area (Å²) in [6.07, 6.45) is 4.57. The van der Waals surface area contributed by atoms with E-state index in [1.807, 2.05) is 26.0 Å². The van der Waals surface area contributed by atoms with E-state index in [1.165, 1.54) is 24.3 Å². The second kappa shape index (κ2) is 6.85. The number of hydrogen-bond donors (Lipinski definition) is 1. The van der Waals surface area contributed by atoms with Crippen molar-refractivity contribution in [2.24, 2.45) is 0 Å². The molecule has 0 radical (unpaired) electrons. The van der Waals surface area contributed by atoms with E-state index in [9.17, 15) is 19.5 Å². The van der Waals surface area contributed by atoms with Crippen LogP contribution in [0.25, 0.3) is 11.0 Å². The molecule has 1 N–H and O–H groups in total. The molecule has 0 aliphatic heterocycles. The predicted octanol–water partition coefficient (Wildman–Crippen LogP) is 4.65. The molecule has 1 aliphatic carbocycles. The largest absolute Gasteiger partial charge is 0.507 e. The Morgan fingerprint density at radius 1 is 1.07 bits per heavy atom. The maximum atomic E-state index is 13.3. The summed E-state index contributed by atoms with van der Waals surface area (Å²) in [5, 5.41) is 10.5. The normalized spacial score (nSPS) is 14.3. The highest BCUT2D eigenvalue weighted by atomic mass is 16.3. The Morgan fingerprint density at radius 2 is 1.83 bits per heavy atom. The van der Waals surface area contributed by atoms with Gasteiger partial charge >= 0.3 is 0 Å². The predicted molar refractivity (Wildman–Crippen MR) is 110 cm³/mol. The van der Waals surface area contributed by atoms with Gasteiger partial charge in [0.2, 0.25) is 5.78 Å². The quantitative estimate of drug-likeness (QED) is 0.516. The Labute approximate surface area is 167 Å². The Bertz CT molecular complexity index is 1280. The third-order valence-corrected chi connectivity index (χ3v) is 5.42. The molecule has 3 aromatic rings. The summed E-state index contributed by atoms with van der Waals surface area (Å²) in [5.41, 5.74) is 0.775. The van der Waals surface area contributed by atoms with Gasteiger partial charge in [-0.15, -0.1) is 0 Å². The number of phenolic OH excluding ortho intramolecular Hbond substituents is 1. The summed E-state index contributed by atoms with van der Waals surface area (Å²) < 4.78 is 6.07. The molecule has 1 aromatic heterocycles. The standard InChI is InChI=1S/C24H20O5/c1-4-5-7-12(2)18-11-17(26)19-13(3)10-15-21(24(19)29-18)23(28)20-14(22(15)27)8-6-9-16(20)25/h4-6,8-12,25H,7H2,1-3H3. The first kappa shape index (κ1) is 18.9. The molecule has 2 aromatic carbocycles. The van der Waals surface area contributed by atoms with Crippen molar-refractivity contribution in [2.75, 3.05) is 0 Å². The molecule has 0 bridgehead atoms. The number of aryl methyl sites for hydroxylation is 1. The zero-order valence-electron chi connectivity index (χ0n) is 16.4. The first-order valence-electron chi connectivity index (χ1n) is 9.49. The molecule has 29 heavy (non-hydrogen) atoms. The molecule has 1 unspecified atom stereocenters. The maximum Gasteiger partial charge on any atom is 0.202 e. The molecular formula is C24H20O5. The highest BCUT2D eigenvalue weighted by molar-refractivity contribution is 6.32. The van der Waals surface area contributed by atoms with Crippen LogP contribution >= 0.6 is 0 Å². The van der Waals surface area contributed by atoms with Crippen molar-refractivity contribution in [1.82, 2.24) is 0 Å². The fraction of sp³-hybridized carbons (Fsp3) is 0.208. The van der Waals surface area contributed by atoms with Gasteiger partial charge in [0.1, 0.15) is 17.1 Å². The fourth-order valence-corrected chi connectivity index (χ4v) is 3.89. The molecule has 1 atom stereocenters. The molecule has 0 amide bonds.